The lowest BCUT2D eigenvalue weighted by Gasteiger charge is -1.83. The SMILES string of the molecule is Nc1cc[nH]c(=O)n1.[N]. The van der Waals surface area contributed by atoms with Crippen LogP contribution < -0.4 is 17.6 Å². The van der Waals surface area contributed by atoms with Crippen molar-refractivity contribution in [2.75, 3.05) is 5.73 Å². The van der Waals surface area contributed by atoms with Gasteiger partial charge in [-0.25, -0.2) is 4.79 Å². The van der Waals surface area contributed by atoms with Crippen LogP contribution in [0.5, 0.6) is 0 Å². The summed E-state index contributed by atoms with van der Waals surface area (Å²) in [4.78, 5) is 15.9. The highest BCUT2D eigenvalue weighted by Gasteiger charge is 1.81. The molecule has 0 unspecified atom stereocenters. The summed E-state index contributed by atoms with van der Waals surface area (Å²) in [5.74, 6) is 0.244. The molecule has 0 saturated heterocycles. The van der Waals surface area contributed by atoms with Crippen molar-refractivity contribution in [1.82, 2.24) is 16.1 Å². The Kier molecular flexibility index (Phi) is 2.40. The fraction of sp³-hybridized carbons (Fsp3) is 0. The van der Waals surface area contributed by atoms with Gasteiger partial charge < -0.3 is 10.7 Å². The van der Waals surface area contributed by atoms with E-state index in [0.717, 1.165) is 0 Å². The highest BCUT2D eigenvalue weighted by Crippen LogP contribution is 1.82. The van der Waals surface area contributed by atoms with Crippen LogP contribution >= 0.6 is 0 Å². The number of rotatable bonds is 0. The highest BCUT2D eigenvalue weighted by molar-refractivity contribution is 5.22. The number of nitrogen functional groups attached to an aromatic ring is 1. The van der Waals surface area contributed by atoms with E-state index in [-0.39, 0.29) is 12.0 Å². The molecular weight excluding hydrogens is 120 g/mol. The van der Waals surface area contributed by atoms with Gasteiger partial charge in [0, 0.05) is 12.3 Å². The average molecular weight is 125 g/mol. The lowest BCUT2D eigenvalue weighted by atomic mass is 10.6. The molecule has 0 saturated carbocycles. The first-order valence-electron chi connectivity index (χ1n) is 2.10. The summed E-state index contributed by atoms with van der Waals surface area (Å²) in [6.45, 7) is 0. The van der Waals surface area contributed by atoms with E-state index < -0.39 is 5.69 Å². The van der Waals surface area contributed by atoms with Gasteiger partial charge in [-0.15, -0.1) is 0 Å². The molecule has 0 amide bonds. The molecule has 1 aromatic rings. The van der Waals surface area contributed by atoms with Crippen LogP contribution in [0.15, 0.2) is 17.1 Å². The summed E-state index contributed by atoms with van der Waals surface area (Å²) >= 11 is 0. The first-order chi connectivity index (χ1) is 3.79. The summed E-state index contributed by atoms with van der Waals surface area (Å²) in [6.07, 6.45) is 1.45. The van der Waals surface area contributed by atoms with Crippen molar-refractivity contribution >= 4 is 5.82 Å². The summed E-state index contributed by atoms with van der Waals surface area (Å²) < 4.78 is 0. The molecule has 47 valence electrons. The van der Waals surface area contributed by atoms with E-state index in [1.165, 1.54) is 12.3 Å². The predicted octanol–water partition coefficient (Wildman–Crippen LogP) is -1.13. The maximum atomic E-state index is 10.2. The number of hydrogen-bond acceptors (Lipinski definition) is 3. The number of anilines is 1. The van der Waals surface area contributed by atoms with Crippen LogP contribution in [0.3, 0.4) is 0 Å². The molecule has 3 N–H and O–H groups in total. The monoisotopic (exact) mass is 125 g/mol. The third-order valence-electron chi connectivity index (χ3n) is 0.692. The highest BCUT2D eigenvalue weighted by atomic mass is 16.1. The van der Waals surface area contributed by atoms with E-state index in [1.807, 2.05) is 0 Å². The van der Waals surface area contributed by atoms with E-state index >= 15 is 0 Å². The molecule has 5 nitrogen and oxygen atoms in total. The third-order valence-corrected chi connectivity index (χ3v) is 0.692. The molecule has 9 heavy (non-hydrogen) atoms. The van der Waals surface area contributed by atoms with Crippen molar-refractivity contribution in [2.45, 2.75) is 0 Å². The zero-order valence-corrected chi connectivity index (χ0v) is 4.53. The molecule has 1 heterocycles. The molecule has 0 aromatic carbocycles. The van der Waals surface area contributed by atoms with Gasteiger partial charge in [0.1, 0.15) is 5.82 Å². The van der Waals surface area contributed by atoms with Gasteiger partial charge in [-0.2, -0.15) is 4.98 Å². The van der Waals surface area contributed by atoms with E-state index in [9.17, 15) is 4.79 Å². The third kappa shape index (κ3) is 1.92. The number of nitrogens with one attached hydrogen (secondary N) is 1. The van der Waals surface area contributed by atoms with Crippen LogP contribution in [-0.4, -0.2) is 9.97 Å². The number of hydrogen-bond donors (Lipinski definition) is 2. The minimum Gasteiger partial charge on any atom is -0.383 e. The molecule has 5 heteroatoms. The van der Waals surface area contributed by atoms with Crippen molar-refractivity contribution in [3.05, 3.63) is 22.7 Å². The summed E-state index contributed by atoms with van der Waals surface area (Å²) in [5.41, 5.74) is 4.72. The van der Waals surface area contributed by atoms with Crippen molar-refractivity contribution in [3.63, 3.8) is 0 Å². The quantitative estimate of drug-likeness (QED) is 0.458. The van der Waals surface area contributed by atoms with Gasteiger partial charge in [0.15, 0.2) is 0 Å². The fourth-order valence-electron chi connectivity index (χ4n) is 0.385. The largest absolute Gasteiger partial charge is 0.383 e. The second-order valence-electron chi connectivity index (χ2n) is 1.32. The Morgan fingerprint density at radius 1 is 1.67 bits per heavy atom. The van der Waals surface area contributed by atoms with E-state index in [2.05, 4.69) is 9.97 Å². The molecule has 0 spiro atoms. The van der Waals surface area contributed by atoms with Crippen LogP contribution in [0.25, 0.3) is 0 Å². The maximum absolute atomic E-state index is 10.2. The number of nitrogens with zero attached hydrogens (tertiary/aromatic N) is 2. The Bertz CT molecular complexity index is 230. The number of aromatic amines is 1. The Morgan fingerprint density at radius 2 is 2.33 bits per heavy atom. The molecule has 0 aliphatic carbocycles. The Balaban J connectivity index is 0.000000640. The van der Waals surface area contributed by atoms with Crippen molar-refractivity contribution in [1.29, 1.82) is 0 Å². The number of nitrogens with two attached hydrogens (primary N) is 1. The summed E-state index contributed by atoms with van der Waals surface area (Å²) in [5, 5.41) is 0. The molecule has 0 aliphatic heterocycles. The first-order valence-corrected chi connectivity index (χ1v) is 2.10. The summed E-state index contributed by atoms with van der Waals surface area (Å²) in [7, 11) is 0. The molecule has 1 aromatic heterocycles. The molecule has 0 aliphatic rings. The Labute approximate surface area is 51.5 Å². The van der Waals surface area contributed by atoms with Gasteiger partial charge in [-0.05, 0) is 6.07 Å². The number of H-pyrrole nitrogens is 1. The predicted molar refractivity (Wildman–Crippen MR) is 31.4 cm³/mol. The second kappa shape index (κ2) is 2.83. The van der Waals surface area contributed by atoms with Crippen molar-refractivity contribution < 1.29 is 0 Å². The molecule has 0 atom stereocenters. The lowest BCUT2D eigenvalue weighted by molar-refractivity contribution is 1.08. The molecule has 3 radical (unpaired) electrons. The van der Waals surface area contributed by atoms with Gasteiger partial charge in [0.2, 0.25) is 0 Å². The van der Waals surface area contributed by atoms with Crippen LogP contribution in [0.4, 0.5) is 5.82 Å². The van der Waals surface area contributed by atoms with Crippen molar-refractivity contribution in [2.24, 2.45) is 0 Å². The van der Waals surface area contributed by atoms with Gasteiger partial charge in [-0.3, -0.25) is 0 Å². The zero-order valence-electron chi connectivity index (χ0n) is 4.53. The maximum Gasteiger partial charge on any atom is 0.346 e. The molecular formula is C4H5N4O. The lowest BCUT2D eigenvalue weighted by Crippen LogP contribution is -2.10. The minimum atomic E-state index is -0.412. The van der Waals surface area contributed by atoms with Crippen molar-refractivity contribution in [3.8, 4) is 0 Å². The van der Waals surface area contributed by atoms with E-state index in [4.69, 9.17) is 5.73 Å². The molecule has 1 rings (SSSR count). The summed E-state index contributed by atoms with van der Waals surface area (Å²) in [6, 6.07) is 1.52. The topological polar surface area (TPSA) is 102 Å². The Morgan fingerprint density at radius 3 is 2.67 bits per heavy atom. The normalized spacial score (nSPS) is 8.00. The number of aromatic nitrogens is 2. The Hall–Kier alpha value is -1.36. The minimum absolute atomic E-state index is 0. The van der Waals surface area contributed by atoms with E-state index in [0.29, 0.717) is 0 Å². The zero-order chi connectivity index (χ0) is 5.98. The molecule has 0 fully saturated rings. The van der Waals surface area contributed by atoms with Crippen LogP contribution in [0, 0.1) is 0 Å². The standard InChI is InChI=1S/C4H5N3O.N/c5-3-1-2-6-4(8)7-3;/h1-2H,(H3,5,6,7,8);. The smallest absolute Gasteiger partial charge is 0.346 e. The van der Waals surface area contributed by atoms with Gasteiger partial charge >= 0.3 is 5.69 Å². The first kappa shape index (κ1) is 7.64. The fourth-order valence-corrected chi connectivity index (χ4v) is 0.385. The second-order valence-corrected chi connectivity index (χ2v) is 1.32. The van der Waals surface area contributed by atoms with E-state index in [1.54, 1.807) is 0 Å². The van der Waals surface area contributed by atoms with Crippen LogP contribution in [-0.2, 0) is 0 Å². The van der Waals surface area contributed by atoms with Gasteiger partial charge in [-0.1, -0.05) is 0 Å². The van der Waals surface area contributed by atoms with Crippen LogP contribution in [0.2, 0.25) is 0 Å². The van der Waals surface area contributed by atoms with Gasteiger partial charge in [0.25, 0.3) is 0 Å². The molecule has 0 bridgehead atoms. The average Bonchev–Trinajstić information content (AvgIpc) is 1.64. The van der Waals surface area contributed by atoms with Gasteiger partial charge in [0.05, 0.1) is 0 Å². The van der Waals surface area contributed by atoms with Crippen LogP contribution in [0.1, 0.15) is 0 Å².